The van der Waals surface area contributed by atoms with E-state index in [4.69, 9.17) is 5.73 Å². The van der Waals surface area contributed by atoms with Gasteiger partial charge in [-0.3, -0.25) is 34.3 Å². The van der Waals surface area contributed by atoms with E-state index in [9.17, 15) is 19.2 Å². The summed E-state index contributed by atoms with van der Waals surface area (Å²) in [5.74, 6) is -1.91. The SMILES string of the molecule is CC1(CN)CCCN(Cc2ccc3c(c2)C(=O)N(C2CCC(=O)NC2=O)C3=O)C1. The van der Waals surface area contributed by atoms with E-state index in [-0.39, 0.29) is 24.2 Å². The number of fused-ring (bicyclic) bond motifs is 1. The summed E-state index contributed by atoms with van der Waals surface area (Å²) in [7, 11) is 0. The fraction of sp³-hybridized carbons (Fsp3) is 0.524. The number of hydrogen-bond acceptors (Lipinski definition) is 6. The van der Waals surface area contributed by atoms with Crippen molar-refractivity contribution in [3.8, 4) is 0 Å². The summed E-state index contributed by atoms with van der Waals surface area (Å²) >= 11 is 0. The third kappa shape index (κ3) is 3.58. The number of rotatable bonds is 4. The first-order valence-corrected chi connectivity index (χ1v) is 10.1. The zero-order valence-corrected chi connectivity index (χ0v) is 16.6. The minimum atomic E-state index is -0.934. The predicted octanol–water partition coefficient (Wildman–Crippen LogP) is 0.649. The monoisotopic (exact) mass is 398 g/mol. The molecule has 0 bridgehead atoms. The van der Waals surface area contributed by atoms with E-state index in [2.05, 4.69) is 17.1 Å². The molecule has 29 heavy (non-hydrogen) atoms. The van der Waals surface area contributed by atoms with Crippen LogP contribution in [0.1, 0.15) is 58.9 Å². The van der Waals surface area contributed by atoms with Crippen molar-refractivity contribution in [3.05, 3.63) is 34.9 Å². The summed E-state index contributed by atoms with van der Waals surface area (Å²) < 4.78 is 0. The van der Waals surface area contributed by atoms with Crippen LogP contribution in [-0.4, -0.2) is 59.1 Å². The van der Waals surface area contributed by atoms with Gasteiger partial charge in [0.15, 0.2) is 0 Å². The molecule has 2 unspecified atom stereocenters. The first-order chi connectivity index (χ1) is 13.8. The van der Waals surface area contributed by atoms with Crippen LogP contribution >= 0.6 is 0 Å². The highest BCUT2D eigenvalue weighted by atomic mass is 16.2. The molecule has 8 heteroatoms. The third-order valence-corrected chi connectivity index (χ3v) is 6.26. The van der Waals surface area contributed by atoms with E-state index in [1.165, 1.54) is 0 Å². The van der Waals surface area contributed by atoms with Gasteiger partial charge in [0.2, 0.25) is 11.8 Å². The van der Waals surface area contributed by atoms with Crippen molar-refractivity contribution in [2.45, 2.75) is 45.2 Å². The molecule has 4 amide bonds. The topological polar surface area (TPSA) is 113 Å². The van der Waals surface area contributed by atoms with Crippen LogP contribution < -0.4 is 11.1 Å². The van der Waals surface area contributed by atoms with E-state index in [0.717, 1.165) is 36.4 Å². The standard InChI is InChI=1S/C21H26N4O4/c1-21(11-22)7-2-8-24(12-21)10-13-3-4-14-15(9-13)20(29)25(19(14)28)16-5-6-17(26)23-18(16)27/h3-4,9,16H,2,5-8,10-12,22H2,1H3,(H,23,26,27). The van der Waals surface area contributed by atoms with Gasteiger partial charge in [0.1, 0.15) is 6.04 Å². The lowest BCUT2D eigenvalue weighted by molar-refractivity contribution is -0.136. The second-order valence-corrected chi connectivity index (χ2v) is 8.66. The molecule has 0 aliphatic carbocycles. The Morgan fingerprint density at radius 1 is 1.17 bits per heavy atom. The molecule has 0 aromatic heterocycles. The number of likely N-dealkylation sites (tertiary alicyclic amines) is 1. The summed E-state index contributed by atoms with van der Waals surface area (Å²) in [6.45, 7) is 5.39. The Labute approximate surface area is 169 Å². The molecule has 3 aliphatic heterocycles. The van der Waals surface area contributed by atoms with Crippen LogP contribution in [0, 0.1) is 5.41 Å². The number of amides is 4. The molecule has 8 nitrogen and oxygen atoms in total. The van der Waals surface area contributed by atoms with Gasteiger partial charge in [-0.25, -0.2) is 0 Å². The molecule has 2 atom stereocenters. The Bertz CT molecular complexity index is 899. The van der Waals surface area contributed by atoms with Crippen molar-refractivity contribution >= 4 is 23.6 Å². The van der Waals surface area contributed by atoms with Crippen molar-refractivity contribution in [1.82, 2.24) is 15.1 Å². The van der Waals surface area contributed by atoms with Gasteiger partial charge >= 0.3 is 0 Å². The lowest BCUT2D eigenvalue weighted by atomic mass is 9.82. The molecule has 2 fully saturated rings. The number of benzene rings is 1. The molecular weight excluding hydrogens is 372 g/mol. The van der Waals surface area contributed by atoms with Crippen LogP contribution in [0.4, 0.5) is 0 Å². The lowest BCUT2D eigenvalue weighted by Gasteiger charge is -2.39. The molecule has 0 spiro atoms. The molecule has 154 valence electrons. The maximum Gasteiger partial charge on any atom is 0.262 e. The van der Waals surface area contributed by atoms with Gasteiger partial charge in [-0.2, -0.15) is 0 Å². The van der Waals surface area contributed by atoms with Gasteiger partial charge in [-0.1, -0.05) is 13.0 Å². The predicted molar refractivity (Wildman–Crippen MR) is 105 cm³/mol. The quantitative estimate of drug-likeness (QED) is 0.720. The molecule has 3 heterocycles. The van der Waals surface area contributed by atoms with E-state index in [1.807, 2.05) is 6.07 Å². The molecule has 3 N–H and O–H groups in total. The number of nitrogens with one attached hydrogen (secondary N) is 1. The Kier molecular flexibility index (Phi) is 5.00. The highest BCUT2D eigenvalue weighted by Gasteiger charge is 2.44. The molecule has 4 rings (SSSR count). The average Bonchev–Trinajstić information content (AvgIpc) is 2.93. The maximum absolute atomic E-state index is 12.9. The van der Waals surface area contributed by atoms with Crippen LogP contribution in [0.5, 0.6) is 0 Å². The lowest BCUT2D eigenvalue weighted by Crippen LogP contribution is -2.54. The molecule has 0 saturated carbocycles. The summed E-state index contributed by atoms with van der Waals surface area (Å²) in [4.78, 5) is 52.6. The minimum absolute atomic E-state index is 0.101. The molecular formula is C21H26N4O4. The fourth-order valence-corrected chi connectivity index (χ4v) is 4.60. The zero-order chi connectivity index (χ0) is 20.8. The fourth-order valence-electron chi connectivity index (χ4n) is 4.60. The summed E-state index contributed by atoms with van der Waals surface area (Å²) in [6, 6.07) is 4.36. The largest absolute Gasteiger partial charge is 0.330 e. The highest BCUT2D eigenvalue weighted by molar-refractivity contribution is 6.23. The van der Waals surface area contributed by atoms with Crippen LogP contribution in [0.25, 0.3) is 0 Å². The summed E-state index contributed by atoms with van der Waals surface area (Å²) in [5, 5.41) is 2.21. The van der Waals surface area contributed by atoms with E-state index >= 15 is 0 Å². The Morgan fingerprint density at radius 3 is 2.66 bits per heavy atom. The van der Waals surface area contributed by atoms with Gasteiger partial charge in [-0.05, 0) is 55.5 Å². The minimum Gasteiger partial charge on any atom is -0.330 e. The Balaban J connectivity index is 1.53. The molecule has 0 radical (unpaired) electrons. The molecule has 3 aliphatic rings. The van der Waals surface area contributed by atoms with Crippen LogP contribution in [0.3, 0.4) is 0 Å². The number of carbonyl (C=O) groups excluding carboxylic acids is 4. The van der Waals surface area contributed by atoms with Crippen molar-refractivity contribution in [3.63, 3.8) is 0 Å². The number of imide groups is 2. The zero-order valence-electron chi connectivity index (χ0n) is 16.6. The first kappa shape index (κ1) is 19.7. The van der Waals surface area contributed by atoms with E-state index in [1.54, 1.807) is 12.1 Å². The number of piperidine rings is 2. The smallest absolute Gasteiger partial charge is 0.262 e. The average molecular weight is 398 g/mol. The normalized spacial score (nSPS) is 27.9. The van der Waals surface area contributed by atoms with Crippen LogP contribution in [0.2, 0.25) is 0 Å². The number of nitrogens with zero attached hydrogens (tertiary/aromatic N) is 2. The number of hydrogen-bond donors (Lipinski definition) is 2. The van der Waals surface area contributed by atoms with E-state index < -0.39 is 23.8 Å². The highest BCUT2D eigenvalue weighted by Crippen LogP contribution is 2.31. The van der Waals surface area contributed by atoms with Crippen molar-refractivity contribution in [2.75, 3.05) is 19.6 Å². The van der Waals surface area contributed by atoms with Crippen molar-refractivity contribution in [2.24, 2.45) is 11.1 Å². The second kappa shape index (κ2) is 7.35. The Hall–Kier alpha value is -2.58. The number of nitrogens with two attached hydrogens (primary N) is 1. The van der Waals surface area contributed by atoms with Gasteiger partial charge < -0.3 is 5.73 Å². The van der Waals surface area contributed by atoms with Crippen molar-refractivity contribution < 1.29 is 19.2 Å². The van der Waals surface area contributed by atoms with E-state index in [0.29, 0.717) is 24.2 Å². The first-order valence-electron chi connectivity index (χ1n) is 10.1. The van der Waals surface area contributed by atoms with Gasteiger partial charge in [0, 0.05) is 19.5 Å². The van der Waals surface area contributed by atoms with Crippen LogP contribution in [0.15, 0.2) is 18.2 Å². The van der Waals surface area contributed by atoms with Gasteiger partial charge in [0.25, 0.3) is 11.8 Å². The van der Waals surface area contributed by atoms with Gasteiger partial charge in [-0.15, -0.1) is 0 Å². The Morgan fingerprint density at radius 2 is 1.93 bits per heavy atom. The molecule has 1 aromatic carbocycles. The van der Waals surface area contributed by atoms with Gasteiger partial charge in [0.05, 0.1) is 11.1 Å². The molecule has 2 saturated heterocycles. The second-order valence-electron chi connectivity index (χ2n) is 8.66. The molecule has 1 aromatic rings. The third-order valence-electron chi connectivity index (χ3n) is 6.26. The maximum atomic E-state index is 12.9. The summed E-state index contributed by atoms with van der Waals surface area (Å²) in [5.41, 5.74) is 7.64. The summed E-state index contributed by atoms with van der Waals surface area (Å²) in [6.07, 6.45) is 2.47. The van der Waals surface area contributed by atoms with Crippen LogP contribution in [-0.2, 0) is 16.1 Å². The van der Waals surface area contributed by atoms with Crippen molar-refractivity contribution in [1.29, 1.82) is 0 Å². The number of carbonyl (C=O) groups is 4.